The molecule has 3 N–H and O–H groups in total. The van der Waals surface area contributed by atoms with Crippen LogP contribution in [0, 0.1) is 12.7 Å². The third-order valence-electron chi connectivity index (χ3n) is 5.83. The second-order valence-electron chi connectivity index (χ2n) is 8.55. The van der Waals surface area contributed by atoms with Crippen molar-refractivity contribution in [2.75, 3.05) is 33.3 Å². The minimum absolute atomic E-state index is 0.0997. The molecule has 2 aromatic heterocycles. The zero-order valence-electron chi connectivity index (χ0n) is 22.8. The van der Waals surface area contributed by atoms with Crippen molar-refractivity contribution in [3.63, 3.8) is 0 Å². The van der Waals surface area contributed by atoms with Gasteiger partial charge in [-0.3, -0.25) is 4.79 Å². The van der Waals surface area contributed by atoms with E-state index in [9.17, 15) is 14.3 Å². The highest BCUT2D eigenvalue weighted by atomic mass is 35.5. The van der Waals surface area contributed by atoms with Gasteiger partial charge in [0.2, 0.25) is 5.95 Å². The van der Waals surface area contributed by atoms with Crippen LogP contribution < -0.4 is 10.6 Å². The predicted octanol–water partition coefficient (Wildman–Crippen LogP) is 4.81. The van der Waals surface area contributed by atoms with E-state index in [1.54, 1.807) is 42.2 Å². The molecular weight excluding hydrogens is 541 g/mol. The van der Waals surface area contributed by atoms with Gasteiger partial charge < -0.3 is 34.5 Å². The van der Waals surface area contributed by atoms with Crippen LogP contribution >= 0.6 is 11.6 Å². The number of nitrogens with one attached hydrogen (secondary N) is 2. The first-order valence-corrected chi connectivity index (χ1v) is 12.4. The molecule has 1 atom stereocenters. The van der Waals surface area contributed by atoms with Crippen molar-refractivity contribution in [1.29, 1.82) is 0 Å². The third-order valence-corrected chi connectivity index (χ3v) is 6.12. The molecule has 1 aromatic carbocycles. The second kappa shape index (κ2) is 13.6. The SMILES string of the molecule is C=C(/C=C(OC)\C(OC)=C(/C)OC)Nc1ncc(C)c(-n2ccc(C(=O)N[C@H](CO)c3ccc(F)c(Cl)c3)c2)n1. The fraction of sp³-hybridized carbons (Fsp3) is 0.250. The third kappa shape index (κ3) is 7.19. The van der Waals surface area contributed by atoms with Crippen molar-refractivity contribution in [2.45, 2.75) is 19.9 Å². The maximum Gasteiger partial charge on any atom is 0.253 e. The van der Waals surface area contributed by atoms with Crippen molar-refractivity contribution in [3.8, 4) is 5.82 Å². The number of allylic oxidation sites excluding steroid dienone is 2. The second-order valence-corrected chi connectivity index (χ2v) is 8.95. The molecule has 10 nitrogen and oxygen atoms in total. The van der Waals surface area contributed by atoms with Crippen molar-refractivity contribution < 1.29 is 28.5 Å². The molecule has 3 rings (SSSR count). The number of aliphatic hydroxyl groups excluding tert-OH is 1. The molecule has 0 radical (unpaired) electrons. The molecule has 0 fully saturated rings. The minimum atomic E-state index is -0.775. The first-order valence-electron chi connectivity index (χ1n) is 12.0. The number of ether oxygens (including phenoxy) is 3. The Balaban J connectivity index is 1.79. The highest BCUT2D eigenvalue weighted by Crippen LogP contribution is 2.22. The maximum atomic E-state index is 13.5. The van der Waals surface area contributed by atoms with E-state index < -0.39 is 24.4 Å². The van der Waals surface area contributed by atoms with Crippen LogP contribution in [0.25, 0.3) is 5.82 Å². The van der Waals surface area contributed by atoms with Gasteiger partial charge in [0, 0.05) is 35.9 Å². The van der Waals surface area contributed by atoms with Crippen LogP contribution in [0.5, 0.6) is 0 Å². The molecule has 0 aliphatic carbocycles. The quantitative estimate of drug-likeness (QED) is 0.209. The molecule has 0 unspecified atom stereocenters. The zero-order valence-corrected chi connectivity index (χ0v) is 23.5. The lowest BCUT2D eigenvalue weighted by atomic mass is 10.1. The number of halogens is 2. The summed E-state index contributed by atoms with van der Waals surface area (Å²) in [6, 6.07) is 4.84. The van der Waals surface area contributed by atoms with E-state index in [-0.39, 0.29) is 11.0 Å². The monoisotopic (exact) mass is 571 g/mol. The smallest absolute Gasteiger partial charge is 0.253 e. The molecule has 0 bridgehead atoms. The topological polar surface area (TPSA) is 120 Å². The molecule has 2 heterocycles. The van der Waals surface area contributed by atoms with Crippen LogP contribution in [0.15, 0.2) is 78.5 Å². The molecule has 0 aliphatic rings. The number of nitrogens with zero attached hydrogens (tertiary/aromatic N) is 3. The number of anilines is 1. The Hall–Kier alpha value is -4.35. The van der Waals surface area contributed by atoms with Gasteiger partial charge in [-0.05, 0) is 37.6 Å². The number of hydrogen-bond donors (Lipinski definition) is 3. The van der Waals surface area contributed by atoms with E-state index >= 15 is 0 Å². The van der Waals surface area contributed by atoms with Gasteiger partial charge in [-0.1, -0.05) is 24.2 Å². The summed E-state index contributed by atoms with van der Waals surface area (Å²) in [5, 5.41) is 15.4. The van der Waals surface area contributed by atoms with Crippen LogP contribution in [-0.4, -0.2) is 53.5 Å². The van der Waals surface area contributed by atoms with Gasteiger partial charge in [0.1, 0.15) is 17.4 Å². The summed E-state index contributed by atoms with van der Waals surface area (Å²) in [6.07, 6.45) is 6.53. The zero-order chi connectivity index (χ0) is 29.4. The standard InChI is InChI=1S/C28H31ClFN5O5/c1-16-13-31-28(32-17(2)11-24(39-5)25(40-6)18(3)38-4)34-26(16)35-10-9-20(14-35)27(37)33-23(15-36)19-7-8-22(30)21(29)12-19/h7-14,23,36H,2,15H2,1,3-6H3,(H,33,37)(H,31,32,34)/b24-11+,25-18-/t23-/m1/s1. The van der Waals surface area contributed by atoms with E-state index in [2.05, 4.69) is 27.2 Å². The molecule has 212 valence electrons. The van der Waals surface area contributed by atoms with Crippen LogP contribution in [0.1, 0.15) is 34.5 Å². The summed E-state index contributed by atoms with van der Waals surface area (Å²) < 4.78 is 31.2. The normalized spacial score (nSPS) is 12.8. The largest absolute Gasteiger partial charge is 0.497 e. The first kappa shape index (κ1) is 30.2. The number of carbonyl (C=O) groups excluding carboxylic acids is 1. The number of carbonyl (C=O) groups is 1. The van der Waals surface area contributed by atoms with Crippen molar-refractivity contribution in [2.24, 2.45) is 0 Å². The van der Waals surface area contributed by atoms with E-state index in [4.69, 9.17) is 25.8 Å². The van der Waals surface area contributed by atoms with Gasteiger partial charge in [-0.2, -0.15) is 4.98 Å². The fourth-order valence-electron chi connectivity index (χ4n) is 3.69. The summed E-state index contributed by atoms with van der Waals surface area (Å²) in [7, 11) is 4.53. The Kier molecular flexibility index (Phi) is 10.3. The molecule has 3 aromatic rings. The fourth-order valence-corrected chi connectivity index (χ4v) is 3.88. The summed E-state index contributed by atoms with van der Waals surface area (Å²) in [4.78, 5) is 21.8. The summed E-state index contributed by atoms with van der Waals surface area (Å²) >= 11 is 5.85. The number of benzene rings is 1. The molecule has 0 spiro atoms. The average Bonchev–Trinajstić information content (AvgIpc) is 3.44. The Morgan fingerprint density at radius 1 is 1.25 bits per heavy atom. The Labute approximate surface area is 236 Å². The highest BCUT2D eigenvalue weighted by Gasteiger charge is 2.18. The Morgan fingerprint density at radius 3 is 2.62 bits per heavy atom. The molecule has 0 saturated carbocycles. The van der Waals surface area contributed by atoms with Gasteiger partial charge in [-0.25, -0.2) is 9.37 Å². The van der Waals surface area contributed by atoms with Gasteiger partial charge >= 0.3 is 0 Å². The molecule has 40 heavy (non-hydrogen) atoms. The lowest BCUT2D eigenvalue weighted by Gasteiger charge is -2.17. The Morgan fingerprint density at radius 2 is 2.00 bits per heavy atom. The van der Waals surface area contributed by atoms with Crippen LogP contribution in [-0.2, 0) is 14.2 Å². The summed E-state index contributed by atoms with van der Waals surface area (Å²) in [5.41, 5.74) is 1.97. The highest BCUT2D eigenvalue weighted by molar-refractivity contribution is 6.30. The van der Waals surface area contributed by atoms with Gasteiger partial charge in [0.05, 0.1) is 44.6 Å². The summed E-state index contributed by atoms with van der Waals surface area (Å²) in [6.45, 7) is 7.16. The number of aromatic nitrogens is 3. The van der Waals surface area contributed by atoms with E-state index in [1.807, 2.05) is 6.92 Å². The molecule has 12 heteroatoms. The maximum absolute atomic E-state index is 13.5. The molecule has 0 saturated heterocycles. The van der Waals surface area contributed by atoms with Gasteiger partial charge in [0.15, 0.2) is 11.5 Å². The average molecular weight is 572 g/mol. The number of aliphatic hydroxyl groups is 1. The van der Waals surface area contributed by atoms with E-state index in [0.717, 1.165) is 5.56 Å². The van der Waals surface area contributed by atoms with Gasteiger partial charge in [0.25, 0.3) is 5.91 Å². The van der Waals surface area contributed by atoms with Crippen molar-refractivity contribution in [1.82, 2.24) is 19.9 Å². The number of aryl methyl sites for hydroxylation is 1. The first-order chi connectivity index (χ1) is 19.1. The molecule has 0 aliphatic heterocycles. The van der Waals surface area contributed by atoms with Crippen LogP contribution in [0.4, 0.5) is 10.3 Å². The number of amides is 1. The van der Waals surface area contributed by atoms with Crippen LogP contribution in [0.3, 0.4) is 0 Å². The van der Waals surface area contributed by atoms with Crippen molar-refractivity contribution in [3.05, 3.63) is 106 Å². The van der Waals surface area contributed by atoms with Crippen LogP contribution in [0.2, 0.25) is 5.02 Å². The summed E-state index contributed by atoms with van der Waals surface area (Å²) in [5.74, 6) is 1.07. The van der Waals surface area contributed by atoms with Crippen molar-refractivity contribution >= 4 is 23.5 Å². The number of hydrogen-bond acceptors (Lipinski definition) is 8. The lowest BCUT2D eigenvalue weighted by Crippen LogP contribution is -2.30. The number of rotatable bonds is 12. The molecule has 1 amide bonds. The molecular formula is C28H31ClFN5O5. The number of methoxy groups -OCH3 is 3. The van der Waals surface area contributed by atoms with E-state index in [0.29, 0.717) is 39.9 Å². The predicted molar refractivity (Wildman–Crippen MR) is 149 cm³/mol. The van der Waals surface area contributed by atoms with Gasteiger partial charge in [-0.15, -0.1) is 0 Å². The minimum Gasteiger partial charge on any atom is -0.497 e. The van der Waals surface area contributed by atoms with E-state index in [1.165, 1.54) is 39.5 Å². The Bertz CT molecular complexity index is 1450. The lowest BCUT2D eigenvalue weighted by molar-refractivity contribution is 0.0916.